The average Bonchev–Trinajstić information content (AvgIpc) is 2.16. The maximum atomic E-state index is 10.8. The molecule has 1 aromatic rings. The van der Waals surface area contributed by atoms with Gasteiger partial charge in [-0.05, 0) is 19.3 Å². The van der Waals surface area contributed by atoms with E-state index in [1.165, 1.54) is 18.9 Å². The van der Waals surface area contributed by atoms with Gasteiger partial charge in [0.2, 0.25) is 0 Å². The molecule has 0 saturated heterocycles. The number of hydrogen-bond donors (Lipinski definition) is 1. The number of hydrogen-bond acceptors (Lipinski definition) is 4. The van der Waals surface area contributed by atoms with Crippen LogP contribution in [0.3, 0.4) is 0 Å². The van der Waals surface area contributed by atoms with Gasteiger partial charge in [0, 0.05) is 6.20 Å². The van der Waals surface area contributed by atoms with Crippen LogP contribution in [0, 0.1) is 0 Å². The zero-order chi connectivity index (χ0) is 10.7. The zero-order valence-electron chi connectivity index (χ0n) is 8.22. The minimum absolute atomic E-state index is 0.122. The van der Waals surface area contributed by atoms with Crippen molar-refractivity contribution >= 4 is 5.97 Å². The van der Waals surface area contributed by atoms with E-state index < -0.39 is 5.97 Å². The van der Waals surface area contributed by atoms with E-state index in [-0.39, 0.29) is 18.3 Å². The Bertz CT molecular complexity index is 363. The second-order valence-corrected chi connectivity index (χ2v) is 3.55. The van der Waals surface area contributed by atoms with Crippen molar-refractivity contribution in [3.8, 4) is 0 Å². The number of rotatable bonds is 4. The summed E-state index contributed by atoms with van der Waals surface area (Å²) in [5.41, 5.74) is 0.571. The van der Waals surface area contributed by atoms with E-state index in [0.29, 0.717) is 5.69 Å². The van der Waals surface area contributed by atoms with E-state index in [1.54, 1.807) is 0 Å². The molecule has 1 aromatic heterocycles. The van der Waals surface area contributed by atoms with Crippen LogP contribution in [-0.4, -0.2) is 27.1 Å². The van der Waals surface area contributed by atoms with Crippen LogP contribution in [0.5, 0.6) is 0 Å². The second-order valence-electron chi connectivity index (χ2n) is 3.55. The fourth-order valence-corrected chi connectivity index (χ4v) is 1.38. The topological polar surface area (TPSA) is 72.3 Å². The second kappa shape index (κ2) is 4.35. The molecule has 5 nitrogen and oxygen atoms in total. The molecule has 0 aromatic carbocycles. The molecule has 1 N–H and O–H groups in total. The van der Waals surface area contributed by atoms with E-state index in [2.05, 4.69) is 9.97 Å². The maximum absolute atomic E-state index is 10.8. The smallest absolute Gasteiger partial charge is 0.339 e. The van der Waals surface area contributed by atoms with Crippen molar-refractivity contribution in [1.29, 1.82) is 0 Å². The summed E-state index contributed by atoms with van der Waals surface area (Å²) in [4.78, 5) is 18.4. The van der Waals surface area contributed by atoms with Crippen molar-refractivity contribution in [2.45, 2.75) is 32.0 Å². The van der Waals surface area contributed by atoms with Crippen LogP contribution >= 0.6 is 0 Å². The van der Waals surface area contributed by atoms with Crippen LogP contribution in [0.25, 0.3) is 0 Å². The molecule has 5 heteroatoms. The Morgan fingerprint density at radius 1 is 1.60 bits per heavy atom. The van der Waals surface area contributed by atoms with Gasteiger partial charge in [0.1, 0.15) is 11.9 Å². The molecule has 0 radical (unpaired) electrons. The number of nitrogens with zero attached hydrogens (tertiary/aromatic N) is 2. The molecule has 0 bridgehead atoms. The molecule has 1 saturated carbocycles. The summed E-state index contributed by atoms with van der Waals surface area (Å²) in [5.74, 6) is -1.01. The molecule has 0 aliphatic heterocycles. The lowest BCUT2D eigenvalue weighted by atomic mass is 9.96. The molecule has 0 spiro atoms. The molecule has 1 aliphatic rings. The van der Waals surface area contributed by atoms with Crippen molar-refractivity contribution in [2.24, 2.45) is 0 Å². The van der Waals surface area contributed by atoms with Gasteiger partial charge in [-0.3, -0.25) is 0 Å². The normalized spacial score (nSPS) is 16.0. The predicted octanol–water partition coefficient (Wildman–Crippen LogP) is 1.24. The SMILES string of the molecule is O=C(O)c1cncnc1COC1CCC1. The Balaban J connectivity index is 2.02. The number of aromatic carboxylic acids is 1. The molecule has 1 heterocycles. The molecule has 2 rings (SSSR count). The first-order chi connectivity index (χ1) is 7.27. The highest BCUT2D eigenvalue weighted by molar-refractivity contribution is 5.88. The Labute approximate surface area is 87.1 Å². The standard InChI is InChI=1S/C10H12N2O3/c13-10(14)8-4-11-6-12-9(8)5-15-7-2-1-3-7/h4,6-7H,1-3,5H2,(H,13,14). The van der Waals surface area contributed by atoms with Crippen LogP contribution in [0.15, 0.2) is 12.5 Å². The van der Waals surface area contributed by atoms with Crippen molar-refractivity contribution in [3.63, 3.8) is 0 Å². The summed E-state index contributed by atoms with van der Waals surface area (Å²) < 4.78 is 5.50. The highest BCUT2D eigenvalue weighted by atomic mass is 16.5. The zero-order valence-corrected chi connectivity index (χ0v) is 8.22. The quantitative estimate of drug-likeness (QED) is 0.806. The monoisotopic (exact) mass is 208 g/mol. The van der Waals surface area contributed by atoms with Gasteiger partial charge < -0.3 is 9.84 Å². The summed E-state index contributed by atoms with van der Waals surface area (Å²) in [7, 11) is 0. The fourth-order valence-electron chi connectivity index (χ4n) is 1.38. The van der Waals surface area contributed by atoms with Gasteiger partial charge in [0.15, 0.2) is 0 Å². The number of carboxylic acid groups (broad SMARTS) is 1. The van der Waals surface area contributed by atoms with Crippen molar-refractivity contribution in [3.05, 3.63) is 23.8 Å². The van der Waals surface area contributed by atoms with E-state index in [0.717, 1.165) is 12.8 Å². The Kier molecular flexibility index (Phi) is 2.91. The summed E-state index contributed by atoms with van der Waals surface area (Å²) in [6.07, 6.45) is 6.24. The fraction of sp³-hybridized carbons (Fsp3) is 0.500. The lowest BCUT2D eigenvalue weighted by Gasteiger charge is -2.25. The first-order valence-corrected chi connectivity index (χ1v) is 4.91. The highest BCUT2D eigenvalue weighted by Crippen LogP contribution is 2.23. The third kappa shape index (κ3) is 2.30. The van der Waals surface area contributed by atoms with Gasteiger partial charge in [-0.2, -0.15) is 0 Å². The number of ether oxygens (including phenoxy) is 1. The Morgan fingerprint density at radius 2 is 2.40 bits per heavy atom. The van der Waals surface area contributed by atoms with Gasteiger partial charge in [0.25, 0.3) is 0 Å². The van der Waals surface area contributed by atoms with Crippen LogP contribution in [0.2, 0.25) is 0 Å². The molecular weight excluding hydrogens is 196 g/mol. The summed E-state index contributed by atoms with van der Waals surface area (Å²) in [6.45, 7) is 0.259. The minimum atomic E-state index is -1.01. The van der Waals surface area contributed by atoms with E-state index in [4.69, 9.17) is 9.84 Å². The molecule has 1 fully saturated rings. The maximum Gasteiger partial charge on any atom is 0.339 e. The lowest BCUT2D eigenvalue weighted by Crippen LogP contribution is -2.22. The van der Waals surface area contributed by atoms with Gasteiger partial charge in [-0.1, -0.05) is 0 Å². The van der Waals surface area contributed by atoms with Gasteiger partial charge in [-0.25, -0.2) is 14.8 Å². The van der Waals surface area contributed by atoms with E-state index >= 15 is 0 Å². The molecular formula is C10H12N2O3. The van der Waals surface area contributed by atoms with Crippen LogP contribution < -0.4 is 0 Å². The third-order valence-electron chi connectivity index (χ3n) is 2.53. The molecule has 0 amide bonds. The van der Waals surface area contributed by atoms with Crippen LogP contribution in [-0.2, 0) is 11.3 Å². The molecule has 0 atom stereocenters. The van der Waals surface area contributed by atoms with Crippen molar-refractivity contribution in [2.75, 3.05) is 0 Å². The van der Waals surface area contributed by atoms with Gasteiger partial charge in [0.05, 0.1) is 18.4 Å². The molecule has 15 heavy (non-hydrogen) atoms. The van der Waals surface area contributed by atoms with Crippen molar-refractivity contribution < 1.29 is 14.6 Å². The third-order valence-corrected chi connectivity index (χ3v) is 2.53. The summed E-state index contributed by atoms with van der Waals surface area (Å²) in [6, 6.07) is 0. The Hall–Kier alpha value is -1.49. The Morgan fingerprint density at radius 3 is 3.00 bits per heavy atom. The number of carboxylic acids is 1. The van der Waals surface area contributed by atoms with Crippen molar-refractivity contribution in [1.82, 2.24) is 9.97 Å². The van der Waals surface area contributed by atoms with E-state index in [9.17, 15) is 4.79 Å². The van der Waals surface area contributed by atoms with Gasteiger partial charge >= 0.3 is 5.97 Å². The minimum Gasteiger partial charge on any atom is -0.478 e. The molecule has 1 aliphatic carbocycles. The first-order valence-electron chi connectivity index (χ1n) is 4.91. The molecule has 80 valence electrons. The highest BCUT2D eigenvalue weighted by Gasteiger charge is 2.19. The predicted molar refractivity (Wildman–Crippen MR) is 51.4 cm³/mol. The summed E-state index contributed by atoms with van der Waals surface area (Å²) >= 11 is 0. The molecule has 0 unspecified atom stereocenters. The lowest BCUT2D eigenvalue weighted by molar-refractivity contribution is -0.0106. The summed E-state index contributed by atoms with van der Waals surface area (Å²) in [5, 5.41) is 8.87. The number of aromatic nitrogens is 2. The first kappa shape index (κ1) is 10.0. The van der Waals surface area contributed by atoms with Crippen LogP contribution in [0.1, 0.15) is 35.3 Å². The van der Waals surface area contributed by atoms with E-state index in [1.807, 2.05) is 0 Å². The van der Waals surface area contributed by atoms with Gasteiger partial charge in [-0.15, -0.1) is 0 Å². The van der Waals surface area contributed by atoms with Crippen LogP contribution in [0.4, 0.5) is 0 Å². The average molecular weight is 208 g/mol. The largest absolute Gasteiger partial charge is 0.478 e. The number of carbonyl (C=O) groups is 1.